The van der Waals surface area contributed by atoms with E-state index in [0.29, 0.717) is 16.6 Å². The highest BCUT2D eigenvalue weighted by atomic mass is 35.5. The topological polar surface area (TPSA) is 68.9 Å². The smallest absolute Gasteiger partial charge is 0.185 e. The van der Waals surface area contributed by atoms with Crippen molar-refractivity contribution >= 4 is 28.1 Å². The van der Waals surface area contributed by atoms with E-state index in [9.17, 15) is 0 Å². The molecule has 0 saturated carbocycles. The van der Waals surface area contributed by atoms with Crippen LogP contribution in [-0.4, -0.2) is 10.1 Å². The van der Waals surface area contributed by atoms with Gasteiger partial charge in [-0.3, -0.25) is 0 Å². The number of rotatable bonds is 3. The first kappa shape index (κ1) is 11.7. The summed E-state index contributed by atoms with van der Waals surface area (Å²) >= 11 is 6.97. The van der Waals surface area contributed by atoms with Gasteiger partial charge in [0.15, 0.2) is 10.3 Å². The summed E-state index contributed by atoms with van der Waals surface area (Å²) in [6, 6.07) is 8.82. The molecule has 0 unspecified atom stereocenters. The molecule has 2 rings (SSSR count). The molecule has 0 fully saturated rings. The molecule has 6 heteroatoms. The lowest BCUT2D eigenvalue weighted by molar-refractivity contribution is 0.475. The van der Waals surface area contributed by atoms with Crippen molar-refractivity contribution in [1.29, 1.82) is 5.26 Å². The van der Waals surface area contributed by atoms with Gasteiger partial charge in [0.2, 0.25) is 0 Å². The van der Waals surface area contributed by atoms with Gasteiger partial charge in [0, 0.05) is 6.54 Å². The Labute approximate surface area is 107 Å². The minimum atomic E-state index is 0.228. The average molecular weight is 266 g/mol. The molecule has 0 aliphatic heterocycles. The molecule has 0 amide bonds. The first-order valence-electron chi connectivity index (χ1n) is 4.77. The molecule has 0 atom stereocenters. The first-order chi connectivity index (χ1) is 8.19. The maximum Gasteiger partial charge on any atom is 0.185 e. The SMILES string of the molecule is N#Cc1sc(NCc2ccc(O)cc2)nc1Cl. The van der Waals surface area contributed by atoms with Gasteiger partial charge in [-0.2, -0.15) is 5.26 Å². The molecule has 1 aromatic carbocycles. The number of phenolic OH excluding ortho intramolecular Hbond substituents is 1. The van der Waals surface area contributed by atoms with Crippen LogP contribution in [0.4, 0.5) is 5.13 Å². The Morgan fingerprint density at radius 3 is 2.71 bits per heavy atom. The molecule has 86 valence electrons. The second kappa shape index (κ2) is 5.04. The Morgan fingerprint density at radius 1 is 1.41 bits per heavy atom. The van der Waals surface area contributed by atoms with Crippen LogP contribution in [0.2, 0.25) is 5.15 Å². The molecule has 0 saturated heterocycles. The molecular formula is C11H8ClN3OS. The Balaban J connectivity index is 2.02. The maximum atomic E-state index is 9.13. The van der Waals surface area contributed by atoms with Crippen LogP contribution in [0.1, 0.15) is 10.4 Å². The van der Waals surface area contributed by atoms with E-state index in [1.54, 1.807) is 12.1 Å². The van der Waals surface area contributed by atoms with Crippen LogP contribution < -0.4 is 5.32 Å². The summed E-state index contributed by atoms with van der Waals surface area (Å²) in [6.45, 7) is 0.564. The fourth-order valence-electron chi connectivity index (χ4n) is 1.24. The Bertz CT molecular complexity index is 559. The van der Waals surface area contributed by atoms with Crippen molar-refractivity contribution in [1.82, 2.24) is 4.98 Å². The monoisotopic (exact) mass is 265 g/mol. The van der Waals surface area contributed by atoms with Crippen LogP contribution >= 0.6 is 22.9 Å². The Hall–Kier alpha value is -1.77. The van der Waals surface area contributed by atoms with Gasteiger partial charge in [-0.05, 0) is 17.7 Å². The summed E-state index contributed by atoms with van der Waals surface area (Å²) in [4.78, 5) is 4.42. The van der Waals surface area contributed by atoms with Crippen LogP contribution in [0.25, 0.3) is 0 Å². The molecule has 2 aromatic rings. The lowest BCUT2D eigenvalue weighted by Crippen LogP contribution is -1.98. The number of benzene rings is 1. The third-order valence-electron chi connectivity index (χ3n) is 2.07. The zero-order chi connectivity index (χ0) is 12.3. The highest BCUT2D eigenvalue weighted by Gasteiger charge is 2.07. The number of thiazole rings is 1. The number of hydrogen-bond acceptors (Lipinski definition) is 5. The van der Waals surface area contributed by atoms with Gasteiger partial charge in [-0.25, -0.2) is 4.98 Å². The van der Waals surface area contributed by atoms with Crippen molar-refractivity contribution < 1.29 is 5.11 Å². The number of nitrogens with zero attached hydrogens (tertiary/aromatic N) is 2. The lowest BCUT2D eigenvalue weighted by Gasteiger charge is -2.02. The van der Waals surface area contributed by atoms with E-state index in [2.05, 4.69) is 10.3 Å². The molecule has 1 heterocycles. The summed E-state index contributed by atoms with van der Waals surface area (Å²) in [5.74, 6) is 0.234. The van der Waals surface area contributed by atoms with E-state index < -0.39 is 0 Å². The normalized spacial score (nSPS) is 9.88. The first-order valence-corrected chi connectivity index (χ1v) is 5.96. The molecule has 0 aliphatic carbocycles. The molecule has 2 N–H and O–H groups in total. The molecular weight excluding hydrogens is 258 g/mol. The van der Waals surface area contributed by atoms with Crippen molar-refractivity contribution in [2.45, 2.75) is 6.54 Å². The number of phenols is 1. The van der Waals surface area contributed by atoms with Crippen LogP contribution in [0.5, 0.6) is 5.75 Å². The molecule has 1 aromatic heterocycles. The third-order valence-corrected chi connectivity index (χ3v) is 3.37. The van der Waals surface area contributed by atoms with Crippen molar-refractivity contribution in [3.8, 4) is 11.8 Å². The zero-order valence-electron chi connectivity index (χ0n) is 8.64. The number of hydrogen-bond donors (Lipinski definition) is 2. The fraction of sp³-hybridized carbons (Fsp3) is 0.0909. The van der Waals surface area contributed by atoms with Gasteiger partial charge < -0.3 is 10.4 Å². The molecule has 17 heavy (non-hydrogen) atoms. The van der Waals surface area contributed by atoms with Crippen molar-refractivity contribution in [2.24, 2.45) is 0 Å². The van der Waals surface area contributed by atoms with Gasteiger partial charge in [-0.1, -0.05) is 35.1 Å². The molecule has 4 nitrogen and oxygen atoms in total. The molecule has 0 bridgehead atoms. The van der Waals surface area contributed by atoms with Crippen LogP contribution in [0.15, 0.2) is 24.3 Å². The number of anilines is 1. The Morgan fingerprint density at radius 2 is 2.12 bits per heavy atom. The van der Waals surface area contributed by atoms with E-state index in [0.717, 1.165) is 5.56 Å². The highest BCUT2D eigenvalue weighted by Crippen LogP contribution is 2.26. The van der Waals surface area contributed by atoms with Gasteiger partial charge in [0.25, 0.3) is 0 Å². The number of nitrogens with one attached hydrogen (secondary N) is 1. The number of aromatic nitrogens is 1. The summed E-state index contributed by atoms with van der Waals surface area (Å²) in [6.07, 6.45) is 0. The van der Waals surface area contributed by atoms with Gasteiger partial charge in [0.05, 0.1) is 0 Å². The maximum absolute atomic E-state index is 9.13. The minimum Gasteiger partial charge on any atom is -0.508 e. The van der Waals surface area contributed by atoms with E-state index in [1.165, 1.54) is 11.3 Å². The van der Waals surface area contributed by atoms with E-state index in [1.807, 2.05) is 18.2 Å². The Kier molecular flexibility index (Phi) is 3.47. The second-order valence-electron chi connectivity index (χ2n) is 3.27. The van der Waals surface area contributed by atoms with Gasteiger partial charge in [-0.15, -0.1) is 0 Å². The summed E-state index contributed by atoms with van der Waals surface area (Å²) in [5, 5.41) is 21.8. The quantitative estimate of drug-likeness (QED) is 0.895. The average Bonchev–Trinajstić information content (AvgIpc) is 2.69. The minimum absolute atomic E-state index is 0.228. The highest BCUT2D eigenvalue weighted by molar-refractivity contribution is 7.16. The number of aromatic hydroxyl groups is 1. The van der Waals surface area contributed by atoms with Crippen LogP contribution in [0.3, 0.4) is 0 Å². The molecule has 0 aliphatic rings. The third kappa shape index (κ3) is 2.87. The number of halogens is 1. The van der Waals surface area contributed by atoms with E-state index in [-0.39, 0.29) is 10.9 Å². The lowest BCUT2D eigenvalue weighted by atomic mass is 10.2. The largest absolute Gasteiger partial charge is 0.508 e. The predicted octanol–water partition coefficient (Wildman–Crippen LogP) is 2.99. The van der Waals surface area contributed by atoms with Crippen LogP contribution in [-0.2, 0) is 6.54 Å². The summed E-state index contributed by atoms with van der Waals surface area (Å²) in [5.41, 5.74) is 1.01. The molecule has 0 radical (unpaired) electrons. The van der Waals surface area contributed by atoms with E-state index >= 15 is 0 Å². The van der Waals surface area contributed by atoms with Crippen molar-refractivity contribution in [2.75, 3.05) is 5.32 Å². The van der Waals surface area contributed by atoms with Crippen molar-refractivity contribution in [3.05, 3.63) is 39.9 Å². The summed E-state index contributed by atoms with van der Waals surface area (Å²) in [7, 11) is 0. The zero-order valence-corrected chi connectivity index (χ0v) is 10.2. The molecule has 0 spiro atoms. The van der Waals surface area contributed by atoms with E-state index in [4.69, 9.17) is 22.0 Å². The van der Waals surface area contributed by atoms with Gasteiger partial charge >= 0.3 is 0 Å². The second-order valence-corrected chi connectivity index (χ2v) is 4.63. The van der Waals surface area contributed by atoms with Gasteiger partial charge in [0.1, 0.15) is 16.7 Å². The number of nitriles is 1. The standard InChI is InChI=1S/C11H8ClN3OS/c12-10-9(5-13)17-11(15-10)14-6-7-1-3-8(16)4-2-7/h1-4,16H,6H2,(H,14,15). The van der Waals surface area contributed by atoms with Crippen molar-refractivity contribution in [3.63, 3.8) is 0 Å². The fourth-order valence-corrected chi connectivity index (χ4v) is 2.18. The summed E-state index contributed by atoms with van der Waals surface area (Å²) < 4.78 is 0. The van der Waals surface area contributed by atoms with Crippen LogP contribution in [0, 0.1) is 11.3 Å². The predicted molar refractivity (Wildman–Crippen MR) is 67.3 cm³/mol.